The van der Waals surface area contributed by atoms with E-state index in [4.69, 9.17) is 19.0 Å². The van der Waals surface area contributed by atoms with Gasteiger partial charge >= 0.3 is 5.97 Å². The number of hydrogen-bond donors (Lipinski definition) is 1. The predicted molar refractivity (Wildman–Crippen MR) is 68.1 cm³/mol. The molecule has 0 unspecified atom stereocenters. The van der Waals surface area contributed by atoms with E-state index in [2.05, 4.69) is 15.9 Å². The van der Waals surface area contributed by atoms with Gasteiger partial charge in [-0.05, 0) is 28.1 Å². The Hall–Kier alpha value is -1.53. The zero-order valence-corrected chi connectivity index (χ0v) is 11.4. The standard InChI is InChI=1S/C12H11BrO5/c1-16-5-8-7-3-6(17-2)4-9(13)10(7)18-11(8)12(14)15/h3-4H,5H2,1-2H3,(H,14,15). The Labute approximate surface area is 111 Å². The average Bonchev–Trinajstić information content (AvgIpc) is 2.69. The van der Waals surface area contributed by atoms with Crippen LogP contribution in [0, 0.1) is 0 Å². The number of rotatable bonds is 4. The van der Waals surface area contributed by atoms with Crippen LogP contribution in [0.25, 0.3) is 11.0 Å². The van der Waals surface area contributed by atoms with Gasteiger partial charge in [0.15, 0.2) is 0 Å². The van der Waals surface area contributed by atoms with Crippen molar-refractivity contribution in [3.8, 4) is 5.75 Å². The van der Waals surface area contributed by atoms with Crippen molar-refractivity contribution >= 4 is 32.9 Å². The summed E-state index contributed by atoms with van der Waals surface area (Å²) in [5.74, 6) is -0.616. The number of aromatic carboxylic acids is 1. The van der Waals surface area contributed by atoms with Crippen molar-refractivity contribution in [3.63, 3.8) is 0 Å². The molecule has 2 rings (SSSR count). The number of carboxylic acids is 1. The Balaban J connectivity index is 2.77. The highest BCUT2D eigenvalue weighted by molar-refractivity contribution is 9.10. The third-order valence-corrected chi connectivity index (χ3v) is 3.13. The lowest BCUT2D eigenvalue weighted by Crippen LogP contribution is -1.99. The summed E-state index contributed by atoms with van der Waals surface area (Å²) in [6.07, 6.45) is 0. The first-order valence-corrected chi connectivity index (χ1v) is 5.89. The van der Waals surface area contributed by atoms with Crippen LogP contribution in [-0.4, -0.2) is 25.3 Å². The molecular formula is C12H11BrO5. The molecule has 0 bridgehead atoms. The summed E-state index contributed by atoms with van der Waals surface area (Å²) in [6, 6.07) is 3.44. The maximum atomic E-state index is 11.1. The van der Waals surface area contributed by atoms with Crippen molar-refractivity contribution < 1.29 is 23.8 Å². The summed E-state index contributed by atoms with van der Waals surface area (Å²) in [5, 5.41) is 9.78. The Morgan fingerprint density at radius 3 is 2.72 bits per heavy atom. The second kappa shape index (κ2) is 4.99. The lowest BCUT2D eigenvalue weighted by Gasteiger charge is -2.02. The number of carboxylic acid groups (broad SMARTS) is 1. The highest BCUT2D eigenvalue weighted by atomic mass is 79.9. The number of hydrogen-bond acceptors (Lipinski definition) is 4. The van der Waals surface area contributed by atoms with E-state index in [1.54, 1.807) is 19.2 Å². The van der Waals surface area contributed by atoms with Crippen LogP contribution in [0.15, 0.2) is 21.0 Å². The van der Waals surface area contributed by atoms with Crippen LogP contribution < -0.4 is 4.74 Å². The summed E-state index contributed by atoms with van der Waals surface area (Å²) in [4.78, 5) is 11.1. The van der Waals surface area contributed by atoms with Crippen molar-refractivity contribution in [2.75, 3.05) is 14.2 Å². The fraction of sp³-hybridized carbons (Fsp3) is 0.250. The number of benzene rings is 1. The third-order valence-electron chi connectivity index (χ3n) is 2.54. The summed E-state index contributed by atoms with van der Waals surface area (Å²) >= 11 is 3.33. The maximum Gasteiger partial charge on any atom is 0.372 e. The van der Waals surface area contributed by atoms with Gasteiger partial charge in [-0.1, -0.05) is 0 Å². The number of furan rings is 1. The number of methoxy groups -OCH3 is 2. The molecule has 0 fully saturated rings. The molecule has 0 saturated carbocycles. The molecule has 2 aromatic rings. The van der Waals surface area contributed by atoms with Gasteiger partial charge < -0.3 is 19.0 Å². The molecule has 6 heteroatoms. The smallest absolute Gasteiger partial charge is 0.372 e. The first kappa shape index (κ1) is 12.9. The van der Waals surface area contributed by atoms with Crippen molar-refractivity contribution in [2.24, 2.45) is 0 Å². The fourth-order valence-electron chi connectivity index (χ4n) is 1.76. The molecule has 1 heterocycles. The van der Waals surface area contributed by atoms with Gasteiger partial charge in [0.05, 0.1) is 18.2 Å². The molecule has 1 aromatic carbocycles. The first-order valence-electron chi connectivity index (χ1n) is 5.09. The van der Waals surface area contributed by atoms with E-state index in [9.17, 15) is 4.79 Å². The summed E-state index contributed by atoms with van der Waals surface area (Å²) in [5.41, 5.74) is 0.972. The number of ether oxygens (including phenoxy) is 2. The predicted octanol–water partition coefficient (Wildman–Crippen LogP) is 3.05. The van der Waals surface area contributed by atoms with Crippen molar-refractivity contribution in [1.29, 1.82) is 0 Å². The Morgan fingerprint density at radius 1 is 1.44 bits per heavy atom. The van der Waals surface area contributed by atoms with E-state index in [0.717, 1.165) is 0 Å². The van der Waals surface area contributed by atoms with Crippen LogP contribution in [0.4, 0.5) is 0 Å². The van der Waals surface area contributed by atoms with Crippen LogP contribution in [0.5, 0.6) is 5.75 Å². The Morgan fingerprint density at radius 2 is 2.17 bits per heavy atom. The molecule has 0 amide bonds. The molecule has 0 saturated heterocycles. The quantitative estimate of drug-likeness (QED) is 0.939. The minimum absolute atomic E-state index is 0.110. The minimum atomic E-state index is -1.12. The van der Waals surface area contributed by atoms with Crippen LogP contribution in [0.2, 0.25) is 0 Å². The van der Waals surface area contributed by atoms with E-state index < -0.39 is 5.97 Å². The molecule has 0 aliphatic carbocycles. The van der Waals surface area contributed by atoms with Gasteiger partial charge in [0.2, 0.25) is 5.76 Å². The van der Waals surface area contributed by atoms with Gasteiger partial charge in [-0.15, -0.1) is 0 Å². The zero-order chi connectivity index (χ0) is 13.3. The Bertz CT molecular complexity index is 602. The monoisotopic (exact) mass is 314 g/mol. The topological polar surface area (TPSA) is 68.9 Å². The van der Waals surface area contributed by atoms with Crippen molar-refractivity contribution in [1.82, 2.24) is 0 Å². The SMILES string of the molecule is COCc1c(C(=O)O)oc2c(Br)cc(OC)cc12. The van der Waals surface area contributed by atoms with Gasteiger partial charge in [0.1, 0.15) is 11.3 Å². The van der Waals surface area contributed by atoms with Crippen LogP contribution in [0.3, 0.4) is 0 Å². The molecule has 18 heavy (non-hydrogen) atoms. The fourth-order valence-corrected chi connectivity index (χ4v) is 2.28. The van der Waals surface area contributed by atoms with E-state index in [1.165, 1.54) is 7.11 Å². The van der Waals surface area contributed by atoms with Crippen LogP contribution in [0.1, 0.15) is 16.1 Å². The highest BCUT2D eigenvalue weighted by Crippen LogP contribution is 2.35. The van der Waals surface area contributed by atoms with Gasteiger partial charge in [-0.3, -0.25) is 0 Å². The number of halogens is 1. The number of fused-ring (bicyclic) bond motifs is 1. The van der Waals surface area contributed by atoms with E-state index in [-0.39, 0.29) is 12.4 Å². The van der Waals surface area contributed by atoms with Gasteiger partial charge in [0.25, 0.3) is 0 Å². The summed E-state index contributed by atoms with van der Waals surface area (Å²) < 4.78 is 16.2. The molecule has 0 aliphatic rings. The van der Waals surface area contributed by atoms with E-state index >= 15 is 0 Å². The van der Waals surface area contributed by atoms with Gasteiger partial charge in [-0.2, -0.15) is 0 Å². The van der Waals surface area contributed by atoms with Crippen LogP contribution >= 0.6 is 15.9 Å². The average molecular weight is 315 g/mol. The second-order valence-corrected chi connectivity index (χ2v) is 4.49. The summed E-state index contributed by atoms with van der Waals surface area (Å²) in [7, 11) is 3.04. The normalized spacial score (nSPS) is 10.8. The second-order valence-electron chi connectivity index (χ2n) is 3.63. The van der Waals surface area contributed by atoms with Crippen molar-refractivity contribution in [3.05, 3.63) is 27.9 Å². The van der Waals surface area contributed by atoms with E-state index in [1.807, 2.05) is 0 Å². The highest BCUT2D eigenvalue weighted by Gasteiger charge is 2.21. The molecule has 0 atom stereocenters. The zero-order valence-electron chi connectivity index (χ0n) is 9.82. The minimum Gasteiger partial charge on any atom is -0.497 e. The molecule has 0 aliphatic heterocycles. The maximum absolute atomic E-state index is 11.1. The summed E-state index contributed by atoms with van der Waals surface area (Å²) in [6.45, 7) is 0.161. The third kappa shape index (κ3) is 2.09. The Kier molecular flexibility index (Phi) is 3.58. The molecule has 1 N–H and O–H groups in total. The van der Waals surface area contributed by atoms with E-state index in [0.29, 0.717) is 26.8 Å². The van der Waals surface area contributed by atoms with Gasteiger partial charge in [0, 0.05) is 18.1 Å². The van der Waals surface area contributed by atoms with Gasteiger partial charge in [-0.25, -0.2) is 4.79 Å². The van der Waals surface area contributed by atoms with Crippen molar-refractivity contribution in [2.45, 2.75) is 6.61 Å². The first-order chi connectivity index (χ1) is 8.58. The largest absolute Gasteiger partial charge is 0.497 e. The molecule has 0 spiro atoms. The molecular weight excluding hydrogens is 304 g/mol. The van der Waals surface area contributed by atoms with Crippen LogP contribution in [-0.2, 0) is 11.3 Å². The lowest BCUT2D eigenvalue weighted by atomic mass is 10.1. The number of carbonyl (C=O) groups is 1. The molecule has 5 nitrogen and oxygen atoms in total. The molecule has 1 aromatic heterocycles. The molecule has 96 valence electrons. The molecule has 0 radical (unpaired) electrons. The lowest BCUT2D eigenvalue weighted by molar-refractivity contribution is 0.0658.